The molecule has 3 amide bonds. The van der Waals surface area contributed by atoms with Gasteiger partial charge in [-0.2, -0.15) is 0 Å². The average Bonchev–Trinajstić information content (AvgIpc) is 2.76. The van der Waals surface area contributed by atoms with E-state index in [0.29, 0.717) is 26.2 Å². The van der Waals surface area contributed by atoms with Crippen LogP contribution in [-0.4, -0.2) is 65.1 Å². The molecule has 1 aliphatic rings. The first-order valence-corrected chi connectivity index (χ1v) is 10.0. The van der Waals surface area contributed by atoms with Gasteiger partial charge in [0.2, 0.25) is 11.8 Å². The maximum absolute atomic E-state index is 13.1. The van der Waals surface area contributed by atoms with Crippen LogP contribution in [0.2, 0.25) is 0 Å². The highest BCUT2D eigenvalue weighted by atomic mass is 16.3. The Bertz CT molecular complexity index is 942. The van der Waals surface area contributed by atoms with Gasteiger partial charge in [0.15, 0.2) is 0 Å². The summed E-state index contributed by atoms with van der Waals surface area (Å²) >= 11 is 0. The Morgan fingerprint density at radius 3 is 2.29 bits per heavy atom. The van der Waals surface area contributed by atoms with E-state index in [1.54, 1.807) is 4.90 Å². The van der Waals surface area contributed by atoms with Crippen molar-refractivity contribution in [2.75, 3.05) is 31.1 Å². The number of aromatic hydroxyl groups is 2. The van der Waals surface area contributed by atoms with Crippen molar-refractivity contribution in [3.8, 4) is 11.5 Å². The zero-order valence-corrected chi connectivity index (χ0v) is 17.0. The summed E-state index contributed by atoms with van der Waals surface area (Å²) in [4.78, 5) is 40.8. The number of nitrogens with one attached hydrogen (secondary N) is 1. The lowest BCUT2D eigenvalue weighted by Crippen LogP contribution is -2.55. The fraction of sp³-hybridized carbons (Fsp3) is 0.318. The summed E-state index contributed by atoms with van der Waals surface area (Å²) in [6, 6.07) is 12.5. The molecular formula is C22H26N4O5. The van der Waals surface area contributed by atoms with Gasteiger partial charge in [-0.25, -0.2) is 0 Å². The third kappa shape index (κ3) is 5.65. The lowest BCUT2D eigenvalue weighted by atomic mass is 10.1. The Labute approximate surface area is 180 Å². The molecule has 1 heterocycles. The van der Waals surface area contributed by atoms with Gasteiger partial charge in [-0.05, 0) is 30.7 Å². The van der Waals surface area contributed by atoms with Gasteiger partial charge in [0.25, 0.3) is 5.91 Å². The number of primary amides is 1. The molecule has 1 saturated heterocycles. The lowest BCUT2D eigenvalue weighted by Gasteiger charge is -2.37. The van der Waals surface area contributed by atoms with E-state index in [2.05, 4.69) is 10.2 Å². The molecule has 5 N–H and O–H groups in total. The Hall–Kier alpha value is -3.75. The minimum atomic E-state index is -0.962. The molecule has 9 nitrogen and oxygen atoms in total. The van der Waals surface area contributed by atoms with E-state index in [1.807, 2.05) is 30.3 Å². The first-order chi connectivity index (χ1) is 14.8. The maximum atomic E-state index is 13.1. The lowest BCUT2D eigenvalue weighted by molar-refractivity contribution is -0.133. The van der Waals surface area contributed by atoms with E-state index in [1.165, 1.54) is 12.1 Å². The molecule has 3 rings (SSSR count). The minimum absolute atomic E-state index is 0.0532. The number of anilines is 1. The van der Waals surface area contributed by atoms with Gasteiger partial charge >= 0.3 is 0 Å². The van der Waals surface area contributed by atoms with Crippen molar-refractivity contribution in [3.05, 3.63) is 54.1 Å². The Morgan fingerprint density at radius 2 is 1.68 bits per heavy atom. The van der Waals surface area contributed by atoms with Crippen LogP contribution >= 0.6 is 0 Å². The van der Waals surface area contributed by atoms with Crippen LogP contribution in [0.5, 0.6) is 11.5 Å². The van der Waals surface area contributed by atoms with E-state index in [4.69, 9.17) is 5.73 Å². The SMILES string of the molecule is NC(=O)CC[C@H](NC(=O)c1ccc(O)cc1O)C(=O)N1CCN(c2ccccc2)CC1. The highest BCUT2D eigenvalue weighted by Crippen LogP contribution is 2.23. The number of carbonyl (C=O) groups is 3. The number of rotatable bonds is 7. The second-order valence-electron chi connectivity index (χ2n) is 7.38. The number of phenolic OH excluding ortho intramolecular Hbond substituents is 2. The molecular weight excluding hydrogens is 400 g/mol. The monoisotopic (exact) mass is 426 g/mol. The van der Waals surface area contributed by atoms with Crippen LogP contribution in [0.4, 0.5) is 5.69 Å². The summed E-state index contributed by atoms with van der Waals surface area (Å²) < 4.78 is 0. The molecule has 164 valence electrons. The van der Waals surface area contributed by atoms with Crippen molar-refractivity contribution in [2.45, 2.75) is 18.9 Å². The van der Waals surface area contributed by atoms with Crippen LogP contribution in [0.15, 0.2) is 48.5 Å². The van der Waals surface area contributed by atoms with Crippen LogP contribution in [0.3, 0.4) is 0 Å². The van der Waals surface area contributed by atoms with E-state index >= 15 is 0 Å². The number of nitrogens with zero attached hydrogens (tertiary/aromatic N) is 2. The number of para-hydroxylation sites is 1. The van der Waals surface area contributed by atoms with Gasteiger partial charge in [0.05, 0.1) is 5.56 Å². The van der Waals surface area contributed by atoms with Gasteiger partial charge in [0.1, 0.15) is 17.5 Å². The topological polar surface area (TPSA) is 136 Å². The third-order valence-corrected chi connectivity index (χ3v) is 5.22. The van der Waals surface area contributed by atoms with Gasteiger partial charge < -0.3 is 31.1 Å². The maximum Gasteiger partial charge on any atom is 0.255 e. The summed E-state index contributed by atoms with van der Waals surface area (Å²) in [7, 11) is 0. The van der Waals surface area contributed by atoms with Crippen LogP contribution in [0.25, 0.3) is 0 Å². The summed E-state index contributed by atoms with van der Waals surface area (Å²) in [5.74, 6) is -2.15. The molecule has 1 fully saturated rings. The second kappa shape index (κ2) is 9.84. The van der Waals surface area contributed by atoms with Crippen LogP contribution in [0.1, 0.15) is 23.2 Å². The number of nitrogens with two attached hydrogens (primary N) is 1. The van der Waals surface area contributed by atoms with E-state index in [9.17, 15) is 24.6 Å². The molecule has 0 spiro atoms. The van der Waals surface area contributed by atoms with Crippen molar-refractivity contribution < 1.29 is 24.6 Å². The van der Waals surface area contributed by atoms with Gasteiger partial charge in [-0.15, -0.1) is 0 Å². The highest BCUT2D eigenvalue weighted by Gasteiger charge is 2.29. The van der Waals surface area contributed by atoms with E-state index in [0.717, 1.165) is 11.8 Å². The third-order valence-electron chi connectivity index (χ3n) is 5.22. The largest absolute Gasteiger partial charge is 0.508 e. The smallest absolute Gasteiger partial charge is 0.255 e. The van der Waals surface area contributed by atoms with E-state index < -0.39 is 23.6 Å². The summed E-state index contributed by atoms with van der Waals surface area (Å²) in [5.41, 5.74) is 6.23. The molecule has 0 unspecified atom stereocenters. The molecule has 0 radical (unpaired) electrons. The standard InChI is InChI=1S/C22H26N4O5/c23-20(29)9-8-18(24-21(30)17-7-6-16(27)14-19(17)28)22(31)26-12-10-25(11-13-26)15-4-2-1-3-5-15/h1-7,14,18,27-28H,8-13H2,(H2,23,29)(H,24,30)/t18-/m0/s1. The van der Waals surface area contributed by atoms with Gasteiger partial charge in [-0.3, -0.25) is 14.4 Å². The summed E-state index contributed by atoms with van der Waals surface area (Å²) in [6.45, 7) is 2.23. The van der Waals surface area contributed by atoms with Crippen molar-refractivity contribution in [2.24, 2.45) is 5.73 Å². The first kappa shape index (κ1) is 21.9. The number of amides is 3. The highest BCUT2D eigenvalue weighted by molar-refractivity contribution is 5.99. The number of benzene rings is 2. The fourth-order valence-electron chi connectivity index (χ4n) is 3.54. The molecule has 0 aliphatic carbocycles. The number of piperazine rings is 1. The van der Waals surface area contributed by atoms with Crippen LogP contribution < -0.4 is 16.0 Å². The molecule has 0 saturated carbocycles. The Balaban J connectivity index is 1.67. The quantitative estimate of drug-likeness (QED) is 0.517. The van der Waals surface area contributed by atoms with Crippen LogP contribution in [0, 0.1) is 0 Å². The molecule has 1 aliphatic heterocycles. The number of hydrogen-bond donors (Lipinski definition) is 4. The Kier molecular flexibility index (Phi) is 6.96. The molecule has 31 heavy (non-hydrogen) atoms. The molecule has 1 atom stereocenters. The fourth-order valence-corrected chi connectivity index (χ4v) is 3.54. The molecule has 2 aromatic rings. The normalized spacial score (nSPS) is 14.7. The van der Waals surface area contributed by atoms with E-state index in [-0.39, 0.29) is 30.1 Å². The van der Waals surface area contributed by atoms with Crippen molar-refractivity contribution in [3.63, 3.8) is 0 Å². The summed E-state index contributed by atoms with van der Waals surface area (Å²) in [6.07, 6.45) is -0.0140. The van der Waals surface area contributed by atoms with Crippen LogP contribution in [-0.2, 0) is 9.59 Å². The number of hydrogen-bond acceptors (Lipinski definition) is 6. The Morgan fingerprint density at radius 1 is 1.00 bits per heavy atom. The minimum Gasteiger partial charge on any atom is -0.508 e. The molecule has 9 heteroatoms. The molecule has 2 aromatic carbocycles. The van der Waals surface area contributed by atoms with Crippen molar-refractivity contribution in [1.82, 2.24) is 10.2 Å². The molecule has 0 aromatic heterocycles. The van der Waals surface area contributed by atoms with Crippen molar-refractivity contribution >= 4 is 23.4 Å². The second-order valence-corrected chi connectivity index (χ2v) is 7.38. The van der Waals surface area contributed by atoms with Gasteiger partial charge in [0, 0.05) is 44.4 Å². The first-order valence-electron chi connectivity index (χ1n) is 10.0. The average molecular weight is 426 g/mol. The zero-order valence-electron chi connectivity index (χ0n) is 17.0. The number of carbonyl (C=O) groups excluding carboxylic acids is 3. The molecule has 0 bridgehead atoms. The summed E-state index contributed by atoms with van der Waals surface area (Å²) in [5, 5.41) is 21.9. The zero-order chi connectivity index (χ0) is 22.4. The van der Waals surface area contributed by atoms with Gasteiger partial charge in [-0.1, -0.05) is 18.2 Å². The number of phenols is 2. The predicted octanol–water partition coefficient (Wildman–Crippen LogP) is 0.810. The van der Waals surface area contributed by atoms with Crippen molar-refractivity contribution in [1.29, 1.82) is 0 Å². The predicted molar refractivity (Wildman–Crippen MR) is 115 cm³/mol.